The number of ether oxygens (including phenoxy) is 1. The molecule has 2 aliphatic carbocycles. The van der Waals surface area contributed by atoms with Gasteiger partial charge in [0, 0.05) is 18.7 Å². The maximum Gasteiger partial charge on any atom is 0.0506 e. The first-order chi connectivity index (χ1) is 6.83. The van der Waals surface area contributed by atoms with Crippen LogP contribution >= 0.6 is 0 Å². The van der Waals surface area contributed by atoms with Gasteiger partial charge in [0.15, 0.2) is 0 Å². The molecule has 1 N–H and O–H groups in total. The van der Waals surface area contributed by atoms with Crippen molar-refractivity contribution >= 4 is 0 Å². The third kappa shape index (κ3) is 1.70. The molecule has 3 aliphatic rings. The van der Waals surface area contributed by atoms with Gasteiger partial charge >= 0.3 is 0 Å². The minimum atomic E-state index is 0.709. The summed E-state index contributed by atoms with van der Waals surface area (Å²) in [4.78, 5) is 0. The van der Waals surface area contributed by atoms with Gasteiger partial charge in [0.05, 0.1) is 6.61 Å². The van der Waals surface area contributed by atoms with Crippen molar-refractivity contribution in [1.29, 1.82) is 0 Å². The molecule has 80 valence electrons. The van der Waals surface area contributed by atoms with Gasteiger partial charge in [-0.3, -0.25) is 0 Å². The summed E-state index contributed by atoms with van der Waals surface area (Å²) in [5.41, 5.74) is 0. The lowest BCUT2D eigenvalue weighted by molar-refractivity contribution is 0.0356. The maximum absolute atomic E-state index is 5.47. The second-order valence-electron chi connectivity index (χ2n) is 5.54. The zero-order valence-electron chi connectivity index (χ0n) is 9.04. The average Bonchev–Trinajstić information content (AvgIpc) is 2.79. The molecular weight excluding hydrogens is 174 g/mol. The number of fused-ring (bicyclic) bond motifs is 1. The first kappa shape index (κ1) is 9.17. The third-order valence-corrected chi connectivity index (χ3v) is 4.33. The highest BCUT2D eigenvalue weighted by atomic mass is 16.5. The van der Waals surface area contributed by atoms with Gasteiger partial charge in [-0.05, 0) is 43.4 Å². The Morgan fingerprint density at radius 2 is 1.93 bits per heavy atom. The lowest BCUT2D eigenvalue weighted by Gasteiger charge is -2.32. The summed E-state index contributed by atoms with van der Waals surface area (Å²) in [5.74, 6) is 2.91. The summed E-state index contributed by atoms with van der Waals surface area (Å²) in [5, 5.41) is 3.85. The van der Waals surface area contributed by atoms with Crippen LogP contribution in [0.4, 0.5) is 0 Å². The minimum absolute atomic E-state index is 0.709. The highest BCUT2D eigenvalue weighted by Crippen LogP contribution is 2.51. The van der Waals surface area contributed by atoms with Crippen molar-refractivity contribution in [1.82, 2.24) is 5.32 Å². The van der Waals surface area contributed by atoms with Crippen LogP contribution in [0, 0.1) is 17.8 Å². The first-order valence-corrected chi connectivity index (χ1v) is 6.16. The van der Waals surface area contributed by atoms with Gasteiger partial charge < -0.3 is 10.1 Å². The number of nitrogens with one attached hydrogen (secondary N) is 1. The van der Waals surface area contributed by atoms with Crippen LogP contribution in [0.15, 0.2) is 0 Å². The first-order valence-electron chi connectivity index (χ1n) is 6.16. The van der Waals surface area contributed by atoms with Crippen molar-refractivity contribution in [2.75, 3.05) is 13.2 Å². The Hall–Kier alpha value is -0.0800. The van der Waals surface area contributed by atoms with E-state index in [2.05, 4.69) is 12.2 Å². The molecule has 3 rings (SSSR count). The quantitative estimate of drug-likeness (QED) is 0.725. The van der Waals surface area contributed by atoms with Gasteiger partial charge in [-0.15, -0.1) is 0 Å². The fraction of sp³-hybridized carbons (Fsp3) is 1.00. The normalized spacial score (nSPS) is 51.6. The van der Waals surface area contributed by atoms with Crippen LogP contribution in [0.1, 0.15) is 32.6 Å². The highest BCUT2D eigenvalue weighted by Gasteiger charge is 2.46. The average molecular weight is 195 g/mol. The molecule has 0 aromatic rings. The van der Waals surface area contributed by atoms with Crippen molar-refractivity contribution in [3.05, 3.63) is 0 Å². The molecule has 4 atom stereocenters. The zero-order valence-corrected chi connectivity index (χ0v) is 9.04. The molecule has 0 radical (unpaired) electrons. The molecule has 1 saturated heterocycles. The minimum Gasteiger partial charge on any atom is -0.381 e. The van der Waals surface area contributed by atoms with Crippen LogP contribution in [0.5, 0.6) is 0 Å². The van der Waals surface area contributed by atoms with Crippen molar-refractivity contribution in [3.63, 3.8) is 0 Å². The Labute approximate surface area is 86.4 Å². The number of hydrogen-bond acceptors (Lipinski definition) is 2. The molecule has 2 saturated carbocycles. The lowest BCUT2D eigenvalue weighted by Crippen LogP contribution is -2.45. The molecule has 0 spiro atoms. The van der Waals surface area contributed by atoms with E-state index in [9.17, 15) is 0 Å². The molecule has 4 unspecified atom stereocenters. The molecule has 1 aliphatic heterocycles. The van der Waals surface area contributed by atoms with Crippen molar-refractivity contribution in [3.8, 4) is 0 Å². The molecule has 2 heteroatoms. The van der Waals surface area contributed by atoms with Gasteiger partial charge in [0.1, 0.15) is 0 Å². The van der Waals surface area contributed by atoms with Crippen molar-refractivity contribution < 1.29 is 4.74 Å². The van der Waals surface area contributed by atoms with Crippen LogP contribution < -0.4 is 5.32 Å². The third-order valence-electron chi connectivity index (χ3n) is 4.33. The Morgan fingerprint density at radius 3 is 2.64 bits per heavy atom. The fourth-order valence-corrected chi connectivity index (χ4v) is 3.28. The van der Waals surface area contributed by atoms with E-state index in [-0.39, 0.29) is 0 Å². The molecular formula is C12H21NO. The van der Waals surface area contributed by atoms with Crippen LogP contribution in [0.3, 0.4) is 0 Å². The Balaban J connectivity index is 1.50. The Bertz CT molecular complexity index is 208. The standard InChI is InChI=1S/C12H21NO/c1-8-7-14-3-2-12(8)13-11-5-9-4-10(9)6-11/h8-13H,2-7H2,1H3. The second-order valence-corrected chi connectivity index (χ2v) is 5.54. The van der Waals surface area contributed by atoms with Gasteiger partial charge in [-0.25, -0.2) is 0 Å². The van der Waals surface area contributed by atoms with Gasteiger partial charge in [-0.2, -0.15) is 0 Å². The molecule has 14 heavy (non-hydrogen) atoms. The Morgan fingerprint density at radius 1 is 1.14 bits per heavy atom. The van der Waals surface area contributed by atoms with E-state index >= 15 is 0 Å². The van der Waals surface area contributed by atoms with E-state index < -0.39 is 0 Å². The SMILES string of the molecule is CC1COCCC1NC1CC2CC2C1. The molecule has 0 bridgehead atoms. The maximum atomic E-state index is 5.47. The van der Waals surface area contributed by atoms with Crippen LogP contribution in [-0.2, 0) is 4.74 Å². The van der Waals surface area contributed by atoms with Crippen LogP contribution in [0.25, 0.3) is 0 Å². The van der Waals surface area contributed by atoms with E-state index in [1.54, 1.807) is 0 Å². The molecule has 0 aromatic heterocycles. The van der Waals surface area contributed by atoms with E-state index in [1.165, 1.54) is 25.7 Å². The van der Waals surface area contributed by atoms with E-state index in [1.807, 2.05) is 0 Å². The van der Waals surface area contributed by atoms with Crippen molar-refractivity contribution in [2.45, 2.75) is 44.7 Å². The predicted octanol–water partition coefficient (Wildman–Crippen LogP) is 1.80. The summed E-state index contributed by atoms with van der Waals surface area (Å²) in [7, 11) is 0. The molecule has 0 amide bonds. The summed E-state index contributed by atoms with van der Waals surface area (Å²) >= 11 is 0. The van der Waals surface area contributed by atoms with E-state index in [0.29, 0.717) is 5.92 Å². The topological polar surface area (TPSA) is 21.3 Å². The second kappa shape index (κ2) is 3.49. The summed E-state index contributed by atoms with van der Waals surface area (Å²) in [6.07, 6.45) is 5.65. The monoisotopic (exact) mass is 195 g/mol. The van der Waals surface area contributed by atoms with Gasteiger partial charge in [-0.1, -0.05) is 6.92 Å². The Kier molecular flexibility index (Phi) is 2.29. The number of hydrogen-bond donors (Lipinski definition) is 1. The van der Waals surface area contributed by atoms with Crippen LogP contribution in [-0.4, -0.2) is 25.3 Å². The molecule has 3 fully saturated rings. The highest BCUT2D eigenvalue weighted by molar-refractivity contribution is 4.99. The smallest absolute Gasteiger partial charge is 0.0506 e. The largest absolute Gasteiger partial charge is 0.381 e. The summed E-state index contributed by atoms with van der Waals surface area (Å²) < 4.78 is 5.47. The number of rotatable bonds is 2. The van der Waals surface area contributed by atoms with Crippen LogP contribution in [0.2, 0.25) is 0 Å². The van der Waals surface area contributed by atoms with Crippen molar-refractivity contribution in [2.24, 2.45) is 17.8 Å². The van der Waals surface area contributed by atoms with E-state index in [0.717, 1.165) is 37.1 Å². The van der Waals surface area contributed by atoms with Gasteiger partial charge in [0.2, 0.25) is 0 Å². The van der Waals surface area contributed by atoms with E-state index in [4.69, 9.17) is 4.74 Å². The molecule has 1 heterocycles. The zero-order chi connectivity index (χ0) is 9.54. The predicted molar refractivity (Wildman–Crippen MR) is 56.1 cm³/mol. The fourth-order valence-electron chi connectivity index (χ4n) is 3.28. The molecule has 0 aromatic carbocycles. The van der Waals surface area contributed by atoms with Gasteiger partial charge in [0.25, 0.3) is 0 Å². The summed E-state index contributed by atoms with van der Waals surface area (Å²) in [6, 6.07) is 1.57. The summed E-state index contributed by atoms with van der Waals surface area (Å²) in [6.45, 7) is 4.23. The molecule has 2 nitrogen and oxygen atoms in total. The lowest BCUT2D eigenvalue weighted by atomic mass is 9.96.